The molecule has 2 nitrogen and oxygen atoms in total. The lowest BCUT2D eigenvalue weighted by Gasteiger charge is -1.99. The van der Waals surface area contributed by atoms with Crippen molar-refractivity contribution in [1.82, 2.24) is 5.32 Å². The SMILES string of the molecule is Cc1cc(CNCc2ccc(I)o2)sc1C. The van der Waals surface area contributed by atoms with Crippen molar-refractivity contribution < 1.29 is 4.42 Å². The van der Waals surface area contributed by atoms with Gasteiger partial charge in [0.15, 0.2) is 3.77 Å². The summed E-state index contributed by atoms with van der Waals surface area (Å²) in [6.07, 6.45) is 0. The molecule has 0 fully saturated rings. The van der Waals surface area contributed by atoms with Crippen molar-refractivity contribution in [1.29, 1.82) is 0 Å². The molecule has 16 heavy (non-hydrogen) atoms. The molecule has 0 aliphatic rings. The minimum absolute atomic E-state index is 0.791. The predicted molar refractivity (Wildman–Crippen MR) is 75.8 cm³/mol. The maximum absolute atomic E-state index is 5.48. The van der Waals surface area contributed by atoms with Crippen molar-refractivity contribution >= 4 is 33.9 Å². The summed E-state index contributed by atoms with van der Waals surface area (Å²) in [7, 11) is 0. The van der Waals surface area contributed by atoms with E-state index in [9.17, 15) is 0 Å². The molecule has 1 N–H and O–H groups in total. The Labute approximate surface area is 113 Å². The predicted octanol–water partition coefficient (Wildman–Crippen LogP) is 3.85. The van der Waals surface area contributed by atoms with Gasteiger partial charge in [-0.05, 0) is 60.2 Å². The molecule has 0 aliphatic heterocycles. The normalized spacial score (nSPS) is 10.9. The standard InChI is InChI=1S/C12H14INOS/c1-8-5-11(16-9(8)2)7-14-6-10-3-4-12(13)15-10/h3-5,14H,6-7H2,1-2H3. The number of furan rings is 1. The highest BCUT2D eigenvalue weighted by Gasteiger charge is 2.02. The fraction of sp³-hybridized carbons (Fsp3) is 0.333. The second-order valence-electron chi connectivity index (χ2n) is 3.76. The van der Waals surface area contributed by atoms with Crippen molar-refractivity contribution in [3.63, 3.8) is 0 Å². The number of hydrogen-bond acceptors (Lipinski definition) is 3. The third-order valence-corrected chi connectivity index (χ3v) is 4.18. The first-order valence-electron chi connectivity index (χ1n) is 5.16. The van der Waals surface area contributed by atoms with Crippen LogP contribution in [0.2, 0.25) is 0 Å². The maximum atomic E-state index is 5.48. The molecule has 0 atom stereocenters. The molecule has 0 bridgehead atoms. The average Bonchev–Trinajstić information content (AvgIpc) is 2.75. The number of nitrogens with one attached hydrogen (secondary N) is 1. The van der Waals surface area contributed by atoms with Crippen LogP contribution in [0.5, 0.6) is 0 Å². The van der Waals surface area contributed by atoms with Gasteiger partial charge in [0.25, 0.3) is 0 Å². The molecular formula is C12H14INOS. The lowest BCUT2D eigenvalue weighted by atomic mass is 10.3. The summed E-state index contributed by atoms with van der Waals surface area (Å²) in [5, 5.41) is 3.39. The van der Waals surface area contributed by atoms with Crippen LogP contribution in [-0.4, -0.2) is 0 Å². The summed E-state index contributed by atoms with van der Waals surface area (Å²) in [6, 6.07) is 6.25. The van der Waals surface area contributed by atoms with E-state index in [2.05, 4.69) is 47.8 Å². The Kier molecular flexibility index (Phi) is 4.05. The Morgan fingerprint density at radius 3 is 2.69 bits per heavy atom. The molecule has 2 aromatic heterocycles. The molecule has 0 aromatic carbocycles. The number of rotatable bonds is 4. The van der Waals surface area contributed by atoms with Gasteiger partial charge in [0.05, 0.1) is 6.54 Å². The Hall–Kier alpha value is -0.330. The first kappa shape index (κ1) is 12.1. The molecule has 2 rings (SSSR count). The van der Waals surface area contributed by atoms with E-state index in [-0.39, 0.29) is 0 Å². The van der Waals surface area contributed by atoms with E-state index in [0.29, 0.717) is 0 Å². The second kappa shape index (κ2) is 5.33. The molecule has 4 heteroatoms. The smallest absolute Gasteiger partial charge is 0.164 e. The molecule has 2 aromatic rings. The summed E-state index contributed by atoms with van der Waals surface area (Å²) < 4.78 is 6.42. The van der Waals surface area contributed by atoms with E-state index in [0.717, 1.165) is 22.6 Å². The quantitative estimate of drug-likeness (QED) is 0.850. The zero-order chi connectivity index (χ0) is 11.5. The van der Waals surface area contributed by atoms with Crippen molar-refractivity contribution in [3.8, 4) is 0 Å². The first-order chi connectivity index (χ1) is 7.65. The first-order valence-corrected chi connectivity index (χ1v) is 7.05. The molecule has 0 unspecified atom stereocenters. The van der Waals surface area contributed by atoms with Crippen LogP contribution in [0.1, 0.15) is 21.1 Å². The van der Waals surface area contributed by atoms with Crippen LogP contribution >= 0.6 is 33.9 Å². The third kappa shape index (κ3) is 3.09. The summed E-state index contributed by atoms with van der Waals surface area (Å²) >= 11 is 4.04. The molecular weight excluding hydrogens is 333 g/mol. The fourth-order valence-electron chi connectivity index (χ4n) is 1.49. The summed E-state index contributed by atoms with van der Waals surface area (Å²) in [5.41, 5.74) is 1.38. The molecule has 0 saturated heterocycles. The zero-order valence-electron chi connectivity index (χ0n) is 9.34. The van der Waals surface area contributed by atoms with E-state index in [1.807, 2.05) is 23.5 Å². The summed E-state index contributed by atoms with van der Waals surface area (Å²) in [5.74, 6) is 0.995. The monoisotopic (exact) mass is 347 g/mol. The lowest BCUT2D eigenvalue weighted by Crippen LogP contribution is -2.10. The van der Waals surface area contributed by atoms with Crippen molar-refractivity contribution in [2.24, 2.45) is 0 Å². The number of halogens is 1. The van der Waals surface area contributed by atoms with Crippen LogP contribution in [0, 0.1) is 17.6 Å². The average molecular weight is 347 g/mol. The number of aryl methyl sites for hydroxylation is 2. The summed E-state index contributed by atoms with van der Waals surface area (Å²) in [4.78, 5) is 2.79. The second-order valence-corrected chi connectivity index (χ2v) is 6.17. The lowest BCUT2D eigenvalue weighted by molar-refractivity contribution is 0.463. The van der Waals surface area contributed by atoms with Gasteiger partial charge in [-0.15, -0.1) is 11.3 Å². The molecule has 0 saturated carbocycles. The van der Waals surface area contributed by atoms with Gasteiger partial charge < -0.3 is 9.73 Å². The Balaban J connectivity index is 1.84. The molecule has 0 amide bonds. The van der Waals surface area contributed by atoms with Gasteiger partial charge in [-0.25, -0.2) is 0 Å². The van der Waals surface area contributed by atoms with Crippen LogP contribution in [0.15, 0.2) is 22.6 Å². The van der Waals surface area contributed by atoms with Gasteiger partial charge in [-0.1, -0.05) is 0 Å². The molecule has 0 radical (unpaired) electrons. The highest BCUT2D eigenvalue weighted by atomic mass is 127. The third-order valence-electron chi connectivity index (χ3n) is 2.44. The van der Waals surface area contributed by atoms with Gasteiger partial charge in [0.2, 0.25) is 0 Å². The minimum atomic E-state index is 0.791. The Morgan fingerprint density at radius 2 is 2.12 bits per heavy atom. The van der Waals surface area contributed by atoms with E-state index in [1.54, 1.807) is 0 Å². The highest BCUT2D eigenvalue weighted by Crippen LogP contribution is 2.20. The van der Waals surface area contributed by atoms with E-state index in [1.165, 1.54) is 15.3 Å². The van der Waals surface area contributed by atoms with Gasteiger partial charge in [0, 0.05) is 16.3 Å². The van der Waals surface area contributed by atoms with E-state index < -0.39 is 0 Å². The van der Waals surface area contributed by atoms with Gasteiger partial charge in [-0.2, -0.15) is 0 Å². The largest absolute Gasteiger partial charge is 0.454 e. The topological polar surface area (TPSA) is 25.2 Å². The highest BCUT2D eigenvalue weighted by molar-refractivity contribution is 14.1. The molecule has 0 aliphatic carbocycles. The van der Waals surface area contributed by atoms with Crippen molar-refractivity contribution in [2.75, 3.05) is 0 Å². The fourth-order valence-corrected chi connectivity index (χ4v) is 2.98. The van der Waals surface area contributed by atoms with Crippen LogP contribution in [0.4, 0.5) is 0 Å². The molecule has 2 heterocycles. The number of thiophene rings is 1. The van der Waals surface area contributed by atoms with E-state index >= 15 is 0 Å². The summed E-state index contributed by atoms with van der Waals surface area (Å²) in [6.45, 7) is 6.03. The van der Waals surface area contributed by atoms with Crippen LogP contribution in [-0.2, 0) is 13.1 Å². The molecule has 86 valence electrons. The maximum Gasteiger partial charge on any atom is 0.164 e. The van der Waals surface area contributed by atoms with E-state index in [4.69, 9.17) is 4.42 Å². The van der Waals surface area contributed by atoms with Gasteiger partial charge >= 0.3 is 0 Å². The zero-order valence-corrected chi connectivity index (χ0v) is 12.3. The Bertz CT molecular complexity index is 456. The van der Waals surface area contributed by atoms with Crippen LogP contribution < -0.4 is 5.32 Å². The van der Waals surface area contributed by atoms with Crippen LogP contribution in [0.3, 0.4) is 0 Å². The minimum Gasteiger partial charge on any atom is -0.454 e. The van der Waals surface area contributed by atoms with Crippen molar-refractivity contribution in [2.45, 2.75) is 26.9 Å². The number of hydrogen-bond donors (Lipinski definition) is 1. The molecule has 0 spiro atoms. The van der Waals surface area contributed by atoms with Crippen molar-refractivity contribution in [3.05, 3.63) is 43.0 Å². The Morgan fingerprint density at radius 1 is 1.31 bits per heavy atom. The van der Waals surface area contributed by atoms with Gasteiger partial charge in [0.1, 0.15) is 5.76 Å². The van der Waals surface area contributed by atoms with Gasteiger partial charge in [-0.3, -0.25) is 0 Å². The van der Waals surface area contributed by atoms with Crippen LogP contribution in [0.25, 0.3) is 0 Å².